The second-order valence-corrected chi connectivity index (χ2v) is 12.1. The molecule has 0 amide bonds. The molecule has 0 aromatic heterocycles. The molecule has 6 aromatic rings. The molecule has 212 valence electrons. The molecule has 1 aliphatic rings. The molecule has 0 saturated heterocycles. The third-order valence-corrected chi connectivity index (χ3v) is 9.98. The van der Waals surface area contributed by atoms with Crippen LogP contribution < -0.4 is 0 Å². The Morgan fingerprint density at radius 2 is 0.500 bits per heavy atom. The Hall–Kier alpha value is -4.62. The highest BCUT2D eigenvalue weighted by atomic mass is 35.5. The van der Waals surface area contributed by atoms with E-state index in [4.69, 9.17) is 23.2 Å². The first kappa shape index (κ1) is 28.2. The van der Waals surface area contributed by atoms with Crippen molar-refractivity contribution in [1.29, 1.82) is 0 Å². The summed E-state index contributed by atoms with van der Waals surface area (Å²) in [6.07, 6.45) is 0. The summed E-state index contributed by atoms with van der Waals surface area (Å²) >= 11 is 16.4. The third kappa shape index (κ3) is 4.54. The van der Waals surface area contributed by atoms with Crippen LogP contribution in [0.5, 0.6) is 0 Å². The highest BCUT2D eigenvalue weighted by Gasteiger charge is 2.68. The number of alkyl halides is 2. The summed E-state index contributed by atoms with van der Waals surface area (Å²) in [6, 6.07) is 62.8. The van der Waals surface area contributed by atoms with Crippen molar-refractivity contribution in [3.8, 4) is 0 Å². The molecule has 1 aliphatic carbocycles. The fourth-order valence-electron chi connectivity index (χ4n) is 6.57. The van der Waals surface area contributed by atoms with Gasteiger partial charge in [0.25, 0.3) is 0 Å². The Labute approximate surface area is 269 Å². The molecule has 6 aromatic carbocycles. The maximum Gasteiger partial charge on any atom is 0.123 e. The highest BCUT2D eigenvalue weighted by Crippen LogP contribution is 2.73. The van der Waals surface area contributed by atoms with Crippen molar-refractivity contribution in [3.63, 3.8) is 0 Å². The molecule has 0 heterocycles. The number of rotatable bonds is 6. The van der Waals surface area contributed by atoms with Crippen molar-refractivity contribution in [3.05, 3.63) is 227 Å². The van der Waals surface area contributed by atoms with Crippen LogP contribution in [0.4, 0.5) is 0 Å². The molecule has 1 fully saturated rings. The number of allylic oxidation sites excluding steroid dienone is 2. The van der Waals surface area contributed by atoms with Gasteiger partial charge in [-0.05, 0) is 55.7 Å². The molecular formula is C42H30Cl2. The van der Waals surface area contributed by atoms with Gasteiger partial charge in [-0.15, -0.1) is 23.2 Å². The van der Waals surface area contributed by atoms with Gasteiger partial charge in [-0.1, -0.05) is 182 Å². The molecule has 0 aliphatic heterocycles. The smallest absolute Gasteiger partial charge is 0.106 e. The van der Waals surface area contributed by atoms with Crippen LogP contribution in [0, 0.1) is 0 Å². The minimum atomic E-state index is -1.11. The van der Waals surface area contributed by atoms with Crippen molar-refractivity contribution in [2.24, 2.45) is 0 Å². The topological polar surface area (TPSA) is 0 Å². The van der Waals surface area contributed by atoms with Gasteiger partial charge < -0.3 is 0 Å². The van der Waals surface area contributed by atoms with Crippen LogP contribution in [0.2, 0.25) is 0 Å². The van der Waals surface area contributed by atoms with Gasteiger partial charge in [0, 0.05) is 0 Å². The first-order valence-electron chi connectivity index (χ1n) is 14.8. The SMILES string of the molecule is ClC1(c2ccccc2)C(=C(c2ccccc2)c2ccccc2)C(=C(c2ccccc2)c2ccccc2)C1(Cl)c1ccccc1. The second-order valence-electron chi connectivity index (χ2n) is 11.0. The number of hydrogen-bond acceptors (Lipinski definition) is 0. The van der Waals surface area contributed by atoms with E-state index in [-0.39, 0.29) is 0 Å². The van der Waals surface area contributed by atoms with Crippen molar-refractivity contribution >= 4 is 34.3 Å². The zero-order valence-corrected chi connectivity index (χ0v) is 25.6. The molecule has 1 saturated carbocycles. The lowest BCUT2D eigenvalue weighted by Gasteiger charge is -2.58. The third-order valence-electron chi connectivity index (χ3n) is 8.51. The molecule has 2 heteroatoms. The van der Waals surface area contributed by atoms with Gasteiger partial charge in [-0.25, -0.2) is 0 Å². The molecule has 2 atom stereocenters. The van der Waals surface area contributed by atoms with Crippen LogP contribution in [0.3, 0.4) is 0 Å². The van der Waals surface area contributed by atoms with Crippen molar-refractivity contribution in [1.82, 2.24) is 0 Å². The van der Waals surface area contributed by atoms with Crippen LogP contribution in [0.1, 0.15) is 33.4 Å². The molecule has 0 spiro atoms. The molecule has 0 bridgehead atoms. The molecule has 0 nitrogen and oxygen atoms in total. The lowest BCUT2D eigenvalue weighted by Crippen LogP contribution is -2.56. The van der Waals surface area contributed by atoms with Gasteiger partial charge in [0.1, 0.15) is 9.75 Å². The highest BCUT2D eigenvalue weighted by molar-refractivity contribution is 6.43. The van der Waals surface area contributed by atoms with E-state index in [1.165, 1.54) is 0 Å². The lowest BCUT2D eigenvalue weighted by atomic mass is 9.54. The average molecular weight is 606 g/mol. The maximum atomic E-state index is 8.22. The zero-order chi connectivity index (χ0) is 30.0. The summed E-state index contributed by atoms with van der Waals surface area (Å²) in [5.74, 6) is 0. The fraction of sp³-hybridized carbons (Fsp3) is 0.0476. The number of hydrogen-bond donors (Lipinski definition) is 0. The zero-order valence-electron chi connectivity index (χ0n) is 24.1. The Morgan fingerprint density at radius 1 is 0.295 bits per heavy atom. The van der Waals surface area contributed by atoms with Crippen LogP contribution in [0.15, 0.2) is 193 Å². The lowest BCUT2D eigenvalue weighted by molar-refractivity contribution is 0.466. The largest absolute Gasteiger partial charge is 0.123 e. The van der Waals surface area contributed by atoms with E-state index in [0.29, 0.717) is 0 Å². The number of halogens is 2. The number of benzene rings is 6. The van der Waals surface area contributed by atoms with Crippen LogP contribution in [-0.2, 0) is 9.75 Å². The molecule has 2 unspecified atom stereocenters. The molecule has 44 heavy (non-hydrogen) atoms. The Balaban J connectivity index is 1.73. The van der Waals surface area contributed by atoms with Gasteiger partial charge in [0.2, 0.25) is 0 Å². The Morgan fingerprint density at radius 3 is 0.727 bits per heavy atom. The summed E-state index contributed by atoms with van der Waals surface area (Å²) < 4.78 is 0. The summed E-state index contributed by atoms with van der Waals surface area (Å²) in [5.41, 5.74) is 10.4. The summed E-state index contributed by atoms with van der Waals surface area (Å²) in [6.45, 7) is 0. The van der Waals surface area contributed by atoms with E-state index >= 15 is 0 Å². The first-order valence-corrected chi connectivity index (χ1v) is 15.6. The van der Waals surface area contributed by atoms with Crippen molar-refractivity contribution < 1.29 is 0 Å². The fourth-order valence-corrected chi connectivity index (χ4v) is 7.61. The van der Waals surface area contributed by atoms with Crippen LogP contribution in [0.25, 0.3) is 11.1 Å². The quantitative estimate of drug-likeness (QED) is 0.166. The summed E-state index contributed by atoms with van der Waals surface area (Å²) in [4.78, 5) is -2.22. The minimum Gasteiger partial charge on any atom is -0.106 e. The van der Waals surface area contributed by atoms with E-state index in [1.54, 1.807) is 0 Å². The van der Waals surface area contributed by atoms with Gasteiger partial charge in [-0.3, -0.25) is 0 Å². The Kier molecular flexibility index (Phi) is 7.56. The van der Waals surface area contributed by atoms with E-state index in [9.17, 15) is 0 Å². The maximum absolute atomic E-state index is 8.22. The van der Waals surface area contributed by atoms with Crippen molar-refractivity contribution in [2.45, 2.75) is 9.75 Å². The second kappa shape index (κ2) is 11.8. The van der Waals surface area contributed by atoms with Crippen LogP contribution >= 0.6 is 23.2 Å². The first-order chi connectivity index (χ1) is 21.6. The van der Waals surface area contributed by atoms with Crippen molar-refractivity contribution in [2.75, 3.05) is 0 Å². The van der Waals surface area contributed by atoms with E-state index in [1.807, 2.05) is 36.4 Å². The molecular weight excluding hydrogens is 575 g/mol. The van der Waals surface area contributed by atoms with Gasteiger partial charge >= 0.3 is 0 Å². The predicted octanol–water partition coefficient (Wildman–Crippen LogP) is 11.3. The van der Waals surface area contributed by atoms with Gasteiger partial charge in [0.05, 0.1) is 0 Å². The Bertz CT molecular complexity index is 1700. The molecule has 7 rings (SSSR count). The van der Waals surface area contributed by atoms with E-state index in [2.05, 4.69) is 146 Å². The van der Waals surface area contributed by atoms with Gasteiger partial charge in [-0.2, -0.15) is 0 Å². The minimum absolute atomic E-state index is 0.948. The molecule has 0 N–H and O–H groups in total. The molecule has 0 radical (unpaired) electrons. The normalized spacial score (nSPS) is 19.2. The standard InChI is InChI=1S/C42H30Cl2/c43-41(35-27-15-5-16-28-35)39(37(31-19-7-1-8-20-31)32-21-9-2-10-22-32)40(42(41,44)36-29-17-6-18-30-36)38(33-23-11-3-12-24-33)34-25-13-4-14-26-34/h1-30H. The monoisotopic (exact) mass is 604 g/mol. The van der Waals surface area contributed by atoms with E-state index < -0.39 is 9.75 Å². The summed E-state index contributed by atoms with van der Waals surface area (Å²) in [7, 11) is 0. The van der Waals surface area contributed by atoms with Crippen LogP contribution in [-0.4, -0.2) is 0 Å². The predicted molar refractivity (Wildman–Crippen MR) is 186 cm³/mol. The van der Waals surface area contributed by atoms with Gasteiger partial charge in [0.15, 0.2) is 0 Å². The van der Waals surface area contributed by atoms with E-state index in [0.717, 1.165) is 55.7 Å². The average Bonchev–Trinajstić information content (AvgIpc) is 3.11. The summed E-state index contributed by atoms with van der Waals surface area (Å²) in [5, 5.41) is 0.